The van der Waals surface area contributed by atoms with Gasteiger partial charge in [-0.1, -0.05) is 24.3 Å². The number of carbonyl (C=O) groups excluding carboxylic acids is 4. The molecule has 6 atom stereocenters. The van der Waals surface area contributed by atoms with E-state index in [0.717, 1.165) is 36.8 Å². The quantitative estimate of drug-likeness (QED) is 0.218. The van der Waals surface area contributed by atoms with Crippen molar-refractivity contribution in [1.29, 1.82) is 0 Å². The van der Waals surface area contributed by atoms with E-state index in [2.05, 4.69) is 10.6 Å². The first-order valence-corrected chi connectivity index (χ1v) is 16.3. The Bertz CT molecular complexity index is 1410. The number of likely N-dealkylation sites (N-methyl/N-ethyl adjacent to an activating group) is 1. The number of hydroxylamine groups is 2. The van der Waals surface area contributed by atoms with E-state index in [1.165, 1.54) is 11.0 Å². The highest BCUT2D eigenvalue weighted by atomic mass is 16.8. The summed E-state index contributed by atoms with van der Waals surface area (Å²) in [6.45, 7) is 0.181. The number of nitrogens with one attached hydrogen (secondary N) is 2. The van der Waals surface area contributed by atoms with Crippen LogP contribution in [-0.2, 0) is 44.8 Å². The first kappa shape index (κ1) is 31.3. The fraction of sp³-hybridized carbons (Fsp3) is 0.636. The molecule has 3 saturated heterocycles. The number of esters is 1. The second-order valence-corrected chi connectivity index (χ2v) is 13.5. The molecule has 0 aromatic heterocycles. The van der Waals surface area contributed by atoms with Crippen LogP contribution in [0.3, 0.4) is 0 Å². The summed E-state index contributed by atoms with van der Waals surface area (Å²) in [6.07, 6.45) is 4.83. The SMILES string of the molecule is CN(C)C(=O)C=Cc1cccc(CN2OC3C4OC(C5CC5)(C5CC5)OC4C4CC3(C(=O)NCCC(=O)NCCO)C2C(=O)O4)c1. The van der Waals surface area contributed by atoms with Crippen LogP contribution in [0.15, 0.2) is 30.3 Å². The van der Waals surface area contributed by atoms with Crippen molar-refractivity contribution in [3.63, 3.8) is 0 Å². The zero-order chi connectivity index (χ0) is 32.2. The van der Waals surface area contributed by atoms with E-state index in [-0.39, 0.29) is 62.7 Å². The lowest BCUT2D eigenvalue weighted by molar-refractivity contribution is -0.235. The second kappa shape index (κ2) is 12.0. The Labute approximate surface area is 267 Å². The van der Waals surface area contributed by atoms with Crippen LogP contribution >= 0.6 is 0 Å². The van der Waals surface area contributed by atoms with Gasteiger partial charge in [0.15, 0.2) is 11.8 Å². The Morgan fingerprint density at radius 3 is 2.50 bits per heavy atom. The predicted molar refractivity (Wildman–Crippen MR) is 161 cm³/mol. The minimum absolute atomic E-state index is 0.0182. The first-order valence-electron chi connectivity index (χ1n) is 16.3. The number of hydrogen-bond acceptors (Lipinski definition) is 10. The van der Waals surface area contributed by atoms with Gasteiger partial charge in [-0.15, -0.1) is 0 Å². The van der Waals surface area contributed by atoms with Crippen molar-refractivity contribution in [3.05, 3.63) is 41.5 Å². The van der Waals surface area contributed by atoms with E-state index in [1.807, 2.05) is 24.3 Å². The molecular formula is C33H42N4O9. The smallest absolute Gasteiger partial charge is 0.327 e. The van der Waals surface area contributed by atoms with Gasteiger partial charge in [0.05, 0.1) is 13.2 Å². The molecule has 1 aromatic carbocycles. The van der Waals surface area contributed by atoms with Crippen LogP contribution in [0.1, 0.15) is 49.7 Å². The molecule has 6 fully saturated rings. The number of amides is 3. The number of hydrogen-bond donors (Lipinski definition) is 3. The van der Waals surface area contributed by atoms with Gasteiger partial charge >= 0.3 is 5.97 Å². The van der Waals surface area contributed by atoms with Crippen LogP contribution < -0.4 is 10.6 Å². The number of nitrogens with zero attached hydrogens (tertiary/aromatic N) is 2. The number of carbonyl (C=O) groups is 4. The molecule has 0 spiro atoms. The van der Waals surface area contributed by atoms with Gasteiger partial charge in [0, 0.05) is 57.9 Å². The highest BCUT2D eigenvalue weighted by molar-refractivity contribution is 5.94. The molecule has 1 aromatic rings. The summed E-state index contributed by atoms with van der Waals surface area (Å²) < 4.78 is 19.7. The number of fused-ring (bicyclic) bond motifs is 4. The summed E-state index contributed by atoms with van der Waals surface area (Å²) in [7, 11) is 3.37. The van der Waals surface area contributed by atoms with Crippen LogP contribution in [0.2, 0.25) is 0 Å². The van der Waals surface area contributed by atoms with E-state index in [4.69, 9.17) is 24.2 Å². The third kappa shape index (κ3) is 5.41. The Kier molecular flexibility index (Phi) is 8.17. The highest BCUT2D eigenvalue weighted by Gasteiger charge is 2.78. The van der Waals surface area contributed by atoms with Crippen molar-refractivity contribution in [3.8, 4) is 0 Å². The van der Waals surface area contributed by atoms with Gasteiger partial charge in [-0.2, -0.15) is 5.06 Å². The molecule has 3 saturated carbocycles. The van der Waals surface area contributed by atoms with Crippen molar-refractivity contribution in [2.45, 2.75) is 81.3 Å². The van der Waals surface area contributed by atoms with E-state index in [0.29, 0.717) is 0 Å². The zero-order valence-corrected chi connectivity index (χ0v) is 26.2. The largest absolute Gasteiger partial charge is 0.458 e. The van der Waals surface area contributed by atoms with Crippen molar-refractivity contribution in [2.24, 2.45) is 17.3 Å². The zero-order valence-electron chi connectivity index (χ0n) is 26.2. The van der Waals surface area contributed by atoms with Gasteiger partial charge in [0.1, 0.15) is 29.8 Å². The van der Waals surface area contributed by atoms with Crippen molar-refractivity contribution in [2.75, 3.05) is 33.8 Å². The predicted octanol–water partition coefficient (Wildman–Crippen LogP) is 0.503. The maximum atomic E-state index is 14.3. The molecule has 6 aliphatic rings. The average Bonchev–Trinajstić information content (AvgIpc) is 3.98. The monoisotopic (exact) mass is 638 g/mol. The Balaban J connectivity index is 1.18. The molecule has 7 rings (SSSR count). The third-order valence-electron chi connectivity index (χ3n) is 10.1. The summed E-state index contributed by atoms with van der Waals surface area (Å²) in [5.41, 5.74) is 0.286. The lowest BCUT2D eigenvalue weighted by atomic mass is 9.62. The average molecular weight is 639 g/mol. The topological polar surface area (TPSA) is 156 Å². The third-order valence-corrected chi connectivity index (χ3v) is 10.1. The molecule has 3 amide bonds. The Morgan fingerprint density at radius 1 is 1.07 bits per heavy atom. The lowest BCUT2D eigenvalue weighted by Gasteiger charge is -2.48. The molecular weight excluding hydrogens is 596 g/mol. The summed E-state index contributed by atoms with van der Waals surface area (Å²) >= 11 is 0. The van der Waals surface area contributed by atoms with Gasteiger partial charge in [-0.25, -0.2) is 0 Å². The number of rotatable bonds is 12. The standard InChI is InChI=1S/C33H42N4O9/c1-36(2)25(40)11-6-19-4-3-5-20(16-19)18-37-28-30(41)43-23-17-32(28,31(42)35-13-12-24(39)34-14-15-38)29(46-37)27-26(23)44-33(45-27,21-7-8-21)22-9-10-22/h3-6,11,16,21-23,26-29,38H,7-10,12-15,17-18H2,1-2H3,(H,34,39)(H,35,42). The van der Waals surface area contributed by atoms with Crippen LogP contribution in [0.5, 0.6) is 0 Å². The molecule has 3 N–H and O–H groups in total. The molecule has 13 nitrogen and oxygen atoms in total. The molecule has 3 aliphatic carbocycles. The normalized spacial score (nSPS) is 32.6. The summed E-state index contributed by atoms with van der Waals surface area (Å²) in [4.78, 5) is 60.6. The first-order chi connectivity index (χ1) is 22.2. The molecule has 2 bridgehead atoms. The van der Waals surface area contributed by atoms with Gasteiger partial charge in [-0.3, -0.25) is 24.0 Å². The van der Waals surface area contributed by atoms with E-state index in [1.54, 1.807) is 25.2 Å². The number of benzene rings is 1. The molecule has 13 heteroatoms. The van der Waals surface area contributed by atoms with Gasteiger partial charge in [0.2, 0.25) is 17.7 Å². The van der Waals surface area contributed by atoms with E-state index in [9.17, 15) is 19.2 Å². The van der Waals surface area contributed by atoms with Crippen molar-refractivity contribution in [1.82, 2.24) is 20.6 Å². The minimum Gasteiger partial charge on any atom is -0.458 e. The maximum Gasteiger partial charge on any atom is 0.327 e. The summed E-state index contributed by atoms with van der Waals surface area (Å²) in [6, 6.07) is 6.49. The van der Waals surface area contributed by atoms with Crippen LogP contribution in [-0.4, -0.2) is 109 Å². The number of aliphatic hydroxyl groups is 1. The summed E-state index contributed by atoms with van der Waals surface area (Å²) in [5, 5.41) is 16.0. The van der Waals surface area contributed by atoms with Gasteiger partial charge < -0.3 is 34.9 Å². The van der Waals surface area contributed by atoms with Gasteiger partial charge in [0.25, 0.3) is 0 Å². The fourth-order valence-electron chi connectivity index (χ4n) is 7.70. The summed E-state index contributed by atoms with van der Waals surface area (Å²) in [5.74, 6) is -1.60. The molecule has 0 radical (unpaired) electrons. The molecule has 46 heavy (non-hydrogen) atoms. The van der Waals surface area contributed by atoms with Crippen molar-refractivity contribution >= 4 is 29.8 Å². The van der Waals surface area contributed by atoms with Crippen molar-refractivity contribution < 1.29 is 43.3 Å². The Morgan fingerprint density at radius 2 is 1.80 bits per heavy atom. The molecule has 6 unspecified atom stereocenters. The molecule has 248 valence electrons. The minimum atomic E-state index is -1.33. The Hall–Kier alpha value is -3.36. The van der Waals surface area contributed by atoms with Crippen LogP contribution in [0.4, 0.5) is 0 Å². The molecule has 3 aliphatic heterocycles. The maximum absolute atomic E-state index is 14.3. The lowest BCUT2D eigenvalue weighted by Crippen LogP contribution is -2.69. The molecule has 3 heterocycles. The van der Waals surface area contributed by atoms with E-state index >= 15 is 0 Å². The number of aliphatic hydroxyl groups excluding tert-OH is 1. The number of ether oxygens (including phenoxy) is 3. The highest BCUT2D eigenvalue weighted by Crippen LogP contribution is 2.63. The van der Waals surface area contributed by atoms with Crippen LogP contribution in [0, 0.1) is 17.3 Å². The van der Waals surface area contributed by atoms with Gasteiger partial charge in [-0.05, 0) is 42.9 Å². The fourth-order valence-corrected chi connectivity index (χ4v) is 7.70. The second-order valence-electron chi connectivity index (χ2n) is 13.5. The van der Waals surface area contributed by atoms with E-state index < -0.39 is 53.5 Å². The van der Waals surface area contributed by atoms with Crippen LogP contribution in [0.25, 0.3) is 6.08 Å².